The molecule has 2 N–H and O–H groups in total. The van der Waals surface area contributed by atoms with Gasteiger partial charge in [0.1, 0.15) is 5.75 Å². The molecule has 0 saturated heterocycles. The number of hydrogen-bond acceptors (Lipinski definition) is 4. The number of nitrogens with zero attached hydrogens (tertiary/aromatic N) is 2. The Morgan fingerprint density at radius 2 is 1.76 bits per heavy atom. The maximum absolute atomic E-state index is 5.85. The number of H-pyrrole nitrogens is 1. The minimum atomic E-state index is 0.503. The van der Waals surface area contributed by atoms with Crippen LogP contribution in [0.3, 0.4) is 0 Å². The summed E-state index contributed by atoms with van der Waals surface area (Å²) in [6, 6.07) is 14.9. The number of ether oxygens (including phenoxy) is 1. The topological polar surface area (TPSA) is 62.8 Å². The van der Waals surface area contributed by atoms with Crippen molar-refractivity contribution < 1.29 is 4.74 Å². The molecule has 5 nitrogen and oxygen atoms in total. The van der Waals surface area contributed by atoms with E-state index in [1.807, 2.05) is 36.4 Å². The molecule has 1 heterocycles. The highest BCUT2D eigenvalue weighted by molar-refractivity contribution is 6.30. The molecular formula is C15H13ClN4O. The van der Waals surface area contributed by atoms with Crippen LogP contribution in [0.4, 0.5) is 11.6 Å². The van der Waals surface area contributed by atoms with Crippen molar-refractivity contribution in [2.75, 3.05) is 12.4 Å². The molecule has 0 bridgehead atoms. The largest absolute Gasteiger partial charge is 0.497 e. The quantitative estimate of drug-likeness (QED) is 0.767. The van der Waals surface area contributed by atoms with Crippen LogP contribution in [0.1, 0.15) is 0 Å². The van der Waals surface area contributed by atoms with E-state index in [1.54, 1.807) is 19.2 Å². The first kappa shape index (κ1) is 13.5. The van der Waals surface area contributed by atoms with Gasteiger partial charge in [0.2, 0.25) is 5.95 Å². The maximum atomic E-state index is 5.85. The van der Waals surface area contributed by atoms with Crippen molar-refractivity contribution in [2.24, 2.45) is 0 Å². The van der Waals surface area contributed by atoms with Gasteiger partial charge in [0, 0.05) is 16.3 Å². The summed E-state index contributed by atoms with van der Waals surface area (Å²) in [4.78, 5) is 4.40. The lowest BCUT2D eigenvalue weighted by Gasteiger charge is -2.01. The lowest BCUT2D eigenvalue weighted by atomic mass is 10.2. The lowest BCUT2D eigenvalue weighted by Crippen LogP contribution is -1.91. The number of hydrogen-bond donors (Lipinski definition) is 2. The molecule has 2 aromatic carbocycles. The second kappa shape index (κ2) is 5.85. The van der Waals surface area contributed by atoms with E-state index in [2.05, 4.69) is 20.5 Å². The minimum absolute atomic E-state index is 0.503. The molecule has 0 saturated carbocycles. The lowest BCUT2D eigenvalue weighted by molar-refractivity contribution is 0.415. The van der Waals surface area contributed by atoms with Gasteiger partial charge in [-0.25, -0.2) is 0 Å². The summed E-state index contributed by atoms with van der Waals surface area (Å²) in [6.45, 7) is 0. The molecule has 0 atom stereocenters. The third kappa shape index (κ3) is 3.14. The molecule has 0 amide bonds. The van der Waals surface area contributed by atoms with Crippen molar-refractivity contribution in [1.29, 1.82) is 0 Å². The second-order valence-electron chi connectivity index (χ2n) is 4.37. The first-order valence-corrected chi connectivity index (χ1v) is 6.72. The number of aromatic amines is 1. The van der Waals surface area contributed by atoms with Crippen LogP contribution >= 0.6 is 11.6 Å². The number of nitrogens with one attached hydrogen (secondary N) is 2. The predicted octanol–water partition coefficient (Wildman–Crippen LogP) is 3.88. The minimum Gasteiger partial charge on any atom is -0.497 e. The van der Waals surface area contributed by atoms with Crippen LogP contribution in [-0.4, -0.2) is 22.3 Å². The van der Waals surface area contributed by atoms with E-state index in [9.17, 15) is 0 Å². The highest BCUT2D eigenvalue weighted by Crippen LogP contribution is 2.21. The molecular weight excluding hydrogens is 288 g/mol. The summed E-state index contributed by atoms with van der Waals surface area (Å²) < 4.78 is 5.13. The molecule has 3 rings (SSSR count). The van der Waals surface area contributed by atoms with E-state index in [0.717, 1.165) is 17.0 Å². The van der Waals surface area contributed by atoms with Crippen molar-refractivity contribution in [2.45, 2.75) is 0 Å². The van der Waals surface area contributed by atoms with E-state index in [0.29, 0.717) is 16.8 Å². The fourth-order valence-electron chi connectivity index (χ4n) is 1.86. The average molecular weight is 301 g/mol. The molecule has 0 radical (unpaired) electrons. The van der Waals surface area contributed by atoms with Gasteiger partial charge in [-0.1, -0.05) is 11.6 Å². The molecule has 0 aliphatic rings. The SMILES string of the molecule is COc1ccc(-c2nc(Nc3ccc(Cl)cc3)n[nH]2)cc1. The van der Waals surface area contributed by atoms with Crippen molar-refractivity contribution in [3.05, 3.63) is 53.6 Å². The Hall–Kier alpha value is -2.53. The number of rotatable bonds is 4. The molecule has 106 valence electrons. The molecule has 0 aliphatic carbocycles. The van der Waals surface area contributed by atoms with Gasteiger partial charge in [0.25, 0.3) is 0 Å². The molecule has 21 heavy (non-hydrogen) atoms. The molecule has 0 unspecified atom stereocenters. The summed E-state index contributed by atoms with van der Waals surface area (Å²) in [5, 5.41) is 10.8. The van der Waals surface area contributed by atoms with Crippen LogP contribution in [0.25, 0.3) is 11.4 Å². The number of halogens is 1. The van der Waals surface area contributed by atoms with E-state index < -0.39 is 0 Å². The average Bonchev–Trinajstić information content (AvgIpc) is 2.98. The van der Waals surface area contributed by atoms with Crippen molar-refractivity contribution >= 4 is 23.2 Å². The van der Waals surface area contributed by atoms with Gasteiger partial charge >= 0.3 is 0 Å². The Morgan fingerprint density at radius 1 is 1.05 bits per heavy atom. The Labute approximate surface area is 126 Å². The van der Waals surface area contributed by atoms with E-state index in [1.165, 1.54) is 0 Å². The third-order valence-corrected chi connectivity index (χ3v) is 3.20. The monoisotopic (exact) mass is 300 g/mol. The van der Waals surface area contributed by atoms with Crippen LogP contribution in [0, 0.1) is 0 Å². The fraction of sp³-hybridized carbons (Fsp3) is 0.0667. The van der Waals surface area contributed by atoms with Gasteiger partial charge < -0.3 is 10.1 Å². The number of methoxy groups -OCH3 is 1. The number of aromatic nitrogens is 3. The second-order valence-corrected chi connectivity index (χ2v) is 4.80. The third-order valence-electron chi connectivity index (χ3n) is 2.95. The summed E-state index contributed by atoms with van der Waals surface area (Å²) in [5.41, 5.74) is 1.81. The molecule has 0 aliphatic heterocycles. The van der Waals surface area contributed by atoms with Gasteiger partial charge in [-0.3, -0.25) is 5.10 Å². The Bertz CT molecular complexity index is 722. The zero-order chi connectivity index (χ0) is 14.7. The highest BCUT2D eigenvalue weighted by atomic mass is 35.5. The van der Waals surface area contributed by atoms with Crippen LogP contribution < -0.4 is 10.1 Å². The molecule has 1 aromatic heterocycles. The Balaban J connectivity index is 1.77. The van der Waals surface area contributed by atoms with Crippen LogP contribution in [0.5, 0.6) is 5.75 Å². The van der Waals surface area contributed by atoms with E-state index in [4.69, 9.17) is 16.3 Å². The Kier molecular flexibility index (Phi) is 3.75. The molecule has 0 fully saturated rings. The van der Waals surface area contributed by atoms with Gasteiger partial charge in [-0.15, -0.1) is 5.10 Å². The van der Waals surface area contributed by atoms with Gasteiger partial charge in [-0.05, 0) is 48.5 Å². The normalized spacial score (nSPS) is 10.4. The zero-order valence-corrected chi connectivity index (χ0v) is 12.1. The zero-order valence-electron chi connectivity index (χ0n) is 11.3. The first-order chi connectivity index (χ1) is 10.2. The van der Waals surface area contributed by atoms with Crippen molar-refractivity contribution in [3.63, 3.8) is 0 Å². The number of benzene rings is 2. The molecule has 6 heteroatoms. The van der Waals surface area contributed by atoms with Crippen LogP contribution in [0.15, 0.2) is 48.5 Å². The number of anilines is 2. The maximum Gasteiger partial charge on any atom is 0.246 e. The predicted molar refractivity (Wildman–Crippen MR) is 83.1 cm³/mol. The Morgan fingerprint density at radius 3 is 2.43 bits per heavy atom. The van der Waals surface area contributed by atoms with Gasteiger partial charge in [-0.2, -0.15) is 4.98 Å². The molecule has 0 spiro atoms. The standard InChI is InChI=1S/C15H13ClN4O/c1-21-13-8-2-10(3-9-13)14-18-15(20-19-14)17-12-6-4-11(16)5-7-12/h2-9H,1H3,(H2,17,18,19,20). The van der Waals surface area contributed by atoms with Gasteiger partial charge in [0.15, 0.2) is 5.82 Å². The van der Waals surface area contributed by atoms with Crippen LogP contribution in [0.2, 0.25) is 5.02 Å². The van der Waals surface area contributed by atoms with E-state index >= 15 is 0 Å². The summed E-state index contributed by atoms with van der Waals surface area (Å²) in [5.74, 6) is 2.00. The first-order valence-electron chi connectivity index (χ1n) is 6.34. The van der Waals surface area contributed by atoms with Crippen LogP contribution in [-0.2, 0) is 0 Å². The molecule has 3 aromatic rings. The van der Waals surface area contributed by atoms with Crippen molar-refractivity contribution in [1.82, 2.24) is 15.2 Å². The summed E-state index contributed by atoms with van der Waals surface area (Å²) in [7, 11) is 1.64. The van der Waals surface area contributed by atoms with Gasteiger partial charge in [0.05, 0.1) is 7.11 Å². The van der Waals surface area contributed by atoms with Crippen molar-refractivity contribution in [3.8, 4) is 17.1 Å². The smallest absolute Gasteiger partial charge is 0.246 e. The highest BCUT2D eigenvalue weighted by Gasteiger charge is 2.06. The van der Waals surface area contributed by atoms with E-state index in [-0.39, 0.29) is 0 Å². The summed E-state index contributed by atoms with van der Waals surface area (Å²) >= 11 is 5.85. The fourth-order valence-corrected chi connectivity index (χ4v) is 1.98. The summed E-state index contributed by atoms with van der Waals surface area (Å²) in [6.07, 6.45) is 0.